The predicted molar refractivity (Wildman–Crippen MR) is 157 cm³/mol. The van der Waals surface area contributed by atoms with Crippen molar-refractivity contribution in [2.45, 2.75) is 31.8 Å². The summed E-state index contributed by atoms with van der Waals surface area (Å²) in [5, 5.41) is 24.2. The summed E-state index contributed by atoms with van der Waals surface area (Å²) >= 11 is 0. The Bertz CT molecular complexity index is 1260. The maximum Gasteiger partial charge on any atom is 0.184 e. The summed E-state index contributed by atoms with van der Waals surface area (Å²) in [6.07, 6.45) is 5.15. The van der Waals surface area contributed by atoms with Crippen molar-refractivity contribution in [2.75, 3.05) is 39.1 Å². The quantitative estimate of drug-likeness (QED) is 0.155. The lowest BCUT2D eigenvalue weighted by Gasteiger charge is -2.30. The molecule has 3 aromatic carbocycles. The van der Waals surface area contributed by atoms with E-state index in [4.69, 9.17) is 16.9 Å². The number of nitrogens with one attached hydrogen (secondary N) is 1. The molecule has 204 valence electrons. The van der Waals surface area contributed by atoms with E-state index in [9.17, 15) is 10.2 Å². The Labute approximate surface area is 232 Å². The van der Waals surface area contributed by atoms with Crippen LogP contribution in [0.1, 0.15) is 28.7 Å². The van der Waals surface area contributed by atoms with Crippen LogP contribution >= 0.6 is 0 Å². The van der Waals surface area contributed by atoms with Gasteiger partial charge in [-0.15, -0.1) is 0 Å². The van der Waals surface area contributed by atoms with Crippen molar-refractivity contribution in [2.24, 2.45) is 5.73 Å². The van der Waals surface area contributed by atoms with Gasteiger partial charge in [-0.05, 0) is 72.5 Å². The number of rotatable bonds is 13. The van der Waals surface area contributed by atoms with Crippen molar-refractivity contribution in [1.82, 2.24) is 9.80 Å². The summed E-state index contributed by atoms with van der Waals surface area (Å²) in [5.74, 6) is 7.19. The van der Waals surface area contributed by atoms with Gasteiger partial charge in [0.05, 0.1) is 19.8 Å². The number of benzene rings is 3. The lowest BCUT2D eigenvalue weighted by molar-refractivity contribution is 0.0170. The van der Waals surface area contributed by atoms with Crippen LogP contribution in [0.2, 0.25) is 0 Å². The minimum Gasteiger partial charge on any atom is -0.497 e. The zero-order chi connectivity index (χ0) is 28.0. The van der Waals surface area contributed by atoms with Gasteiger partial charge in [-0.2, -0.15) is 0 Å². The molecule has 0 fully saturated rings. The SMILES string of the molecule is C#CN(C)Cc1cc(C#Cc2ccccc2)ccc1CCN(CCC(O)CN)C(O)Nc1ccc(OC)cc1. The molecule has 2 atom stereocenters. The molecular formula is C32H38N4O3. The van der Waals surface area contributed by atoms with E-state index in [-0.39, 0.29) is 6.54 Å². The number of nitrogens with zero attached hydrogens (tertiary/aromatic N) is 2. The Morgan fingerprint density at radius 2 is 1.67 bits per heavy atom. The van der Waals surface area contributed by atoms with Crippen LogP contribution in [-0.2, 0) is 13.0 Å². The van der Waals surface area contributed by atoms with Crippen LogP contribution in [-0.4, -0.2) is 66.3 Å². The largest absolute Gasteiger partial charge is 0.497 e. The van der Waals surface area contributed by atoms with Crippen LogP contribution in [0, 0.1) is 24.3 Å². The first-order chi connectivity index (χ1) is 18.9. The molecule has 3 rings (SSSR count). The van der Waals surface area contributed by atoms with Crippen molar-refractivity contribution in [3.63, 3.8) is 0 Å². The Balaban J connectivity index is 1.78. The molecule has 7 heteroatoms. The summed E-state index contributed by atoms with van der Waals surface area (Å²) in [6.45, 7) is 1.75. The minimum atomic E-state index is -0.962. The summed E-state index contributed by atoms with van der Waals surface area (Å²) < 4.78 is 5.21. The van der Waals surface area contributed by atoms with Gasteiger partial charge in [-0.1, -0.05) is 42.5 Å². The first kappa shape index (κ1) is 29.6. The zero-order valence-electron chi connectivity index (χ0n) is 22.7. The minimum absolute atomic E-state index is 0.171. The highest BCUT2D eigenvalue weighted by Gasteiger charge is 2.18. The fourth-order valence-corrected chi connectivity index (χ4v) is 4.04. The Kier molecular flexibility index (Phi) is 11.7. The Morgan fingerprint density at radius 1 is 0.949 bits per heavy atom. The van der Waals surface area contributed by atoms with Gasteiger partial charge in [0.25, 0.3) is 0 Å². The monoisotopic (exact) mass is 526 g/mol. The zero-order valence-corrected chi connectivity index (χ0v) is 22.7. The van der Waals surface area contributed by atoms with E-state index in [0.29, 0.717) is 32.5 Å². The number of anilines is 1. The molecule has 0 heterocycles. The molecule has 0 aliphatic rings. The molecule has 0 saturated heterocycles. The van der Waals surface area contributed by atoms with Crippen LogP contribution in [0.15, 0.2) is 72.8 Å². The normalized spacial score (nSPS) is 12.1. The van der Waals surface area contributed by atoms with E-state index in [1.807, 2.05) is 72.6 Å². The molecule has 0 radical (unpaired) electrons. The highest BCUT2D eigenvalue weighted by Crippen LogP contribution is 2.19. The summed E-state index contributed by atoms with van der Waals surface area (Å²) in [4.78, 5) is 3.68. The Hall–Kier alpha value is -3.98. The van der Waals surface area contributed by atoms with Crippen molar-refractivity contribution >= 4 is 5.69 Å². The van der Waals surface area contributed by atoms with Gasteiger partial charge >= 0.3 is 0 Å². The second kappa shape index (κ2) is 15.4. The van der Waals surface area contributed by atoms with Gasteiger partial charge in [0.15, 0.2) is 6.35 Å². The number of terminal acetylenes is 1. The second-order valence-corrected chi connectivity index (χ2v) is 9.30. The molecule has 2 unspecified atom stereocenters. The molecule has 0 bridgehead atoms. The topological polar surface area (TPSA) is 94.2 Å². The predicted octanol–water partition coefficient (Wildman–Crippen LogP) is 3.06. The molecule has 0 saturated carbocycles. The van der Waals surface area contributed by atoms with E-state index in [1.165, 1.54) is 0 Å². The number of aliphatic hydroxyl groups excluding tert-OH is 2. The molecule has 3 aromatic rings. The van der Waals surface area contributed by atoms with Gasteiger partial charge in [-0.3, -0.25) is 4.90 Å². The molecular weight excluding hydrogens is 488 g/mol. The van der Waals surface area contributed by atoms with Gasteiger partial charge in [0, 0.05) is 49.5 Å². The molecule has 0 aliphatic carbocycles. The molecule has 5 N–H and O–H groups in total. The maximum atomic E-state index is 11.0. The number of ether oxygens (including phenoxy) is 1. The Morgan fingerprint density at radius 3 is 2.33 bits per heavy atom. The third-order valence-electron chi connectivity index (χ3n) is 6.38. The highest BCUT2D eigenvalue weighted by atomic mass is 16.5. The number of hydrogen-bond acceptors (Lipinski definition) is 7. The molecule has 39 heavy (non-hydrogen) atoms. The van der Waals surface area contributed by atoms with Crippen LogP contribution in [0.3, 0.4) is 0 Å². The average molecular weight is 527 g/mol. The number of hydrogen-bond donors (Lipinski definition) is 4. The summed E-state index contributed by atoms with van der Waals surface area (Å²) in [7, 11) is 3.48. The number of methoxy groups -OCH3 is 1. The van der Waals surface area contributed by atoms with Gasteiger partial charge in [0.1, 0.15) is 5.75 Å². The lowest BCUT2D eigenvalue weighted by atomic mass is 10.0. The summed E-state index contributed by atoms with van der Waals surface area (Å²) in [5.41, 5.74) is 10.4. The summed E-state index contributed by atoms with van der Waals surface area (Å²) in [6, 6.07) is 26.0. The first-order valence-corrected chi connectivity index (χ1v) is 13.0. The fraction of sp³-hybridized carbons (Fsp3) is 0.312. The third kappa shape index (κ3) is 9.68. The lowest BCUT2D eigenvalue weighted by Crippen LogP contribution is -2.44. The second-order valence-electron chi connectivity index (χ2n) is 9.30. The van der Waals surface area contributed by atoms with Crippen molar-refractivity contribution in [3.05, 3.63) is 95.1 Å². The smallest absolute Gasteiger partial charge is 0.184 e. The first-order valence-electron chi connectivity index (χ1n) is 13.0. The highest BCUT2D eigenvalue weighted by molar-refractivity contribution is 5.47. The van der Waals surface area contributed by atoms with Crippen molar-refractivity contribution in [3.8, 4) is 30.1 Å². The molecule has 0 aliphatic heterocycles. The van der Waals surface area contributed by atoms with Crippen molar-refractivity contribution < 1.29 is 14.9 Å². The van der Waals surface area contributed by atoms with E-state index in [1.54, 1.807) is 12.0 Å². The van der Waals surface area contributed by atoms with E-state index >= 15 is 0 Å². The van der Waals surface area contributed by atoms with Gasteiger partial charge in [0.2, 0.25) is 0 Å². The van der Waals surface area contributed by atoms with E-state index < -0.39 is 12.5 Å². The van der Waals surface area contributed by atoms with Crippen LogP contribution < -0.4 is 15.8 Å². The number of nitrogens with two attached hydrogens (primary N) is 1. The van der Waals surface area contributed by atoms with Crippen LogP contribution in [0.4, 0.5) is 5.69 Å². The van der Waals surface area contributed by atoms with Gasteiger partial charge < -0.3 is 30.9 Å². The molecule has 0 spiro atoms. The fourth-order valence-electron chi connectivity index (χ4n) is 4.04. The average Bonchev–Trinajstić information content (AvgIpc) is 2.97. The molecule has 0 amide bonds. The van der Waals surface area contributed by atoms with Crippen LogP contribution in [0.25, 0.3) is 0 Å². The van der Waals surface area contributed by atoms with E-state index in [2.05, 4.69) is 35.3 Å². The van der Waals surface area contributed by atoms with Gasteiger partial charge in [-0.25, -0.2) is 0 Å². The third-order valence-corrected chi connectivity index (χ3v) is 6.38. The van der Waals surface area contributed by atoms with E-state index in [0.717, 1.165) is 33.7 Å². The maximum absolute atomic E-state index is 11.0. The van der Waals surface area contributed by atoms with Crippen LogP contribution in [0.5, 0.6) is 5.75 Å². The van der Waals surface area contributed by atoms with Crippen molar-refractivity contribution in [1.29, 1.82) is 0 Å². The molecule has 0 aromatic heterocycles. The number of aliphatic hydroxyl groups is 2. The molecule has 7 nitrogen and oxygen atoms in total. The standard InChI is InChI=1S/C32H38N4O3/c1-4-35(2)24-28-22-26(11-10-25-8-6-5-7-9-25)12-13-27(28)18-20-36(21-19-30(37)23-33)32(38)34-29-14-16-31(39-3)17-15-29/h1,5-9,12-17,22,30,32,34,37-38H,18-21,23-24,33H2,2-3H3.